The van der Waals surface area contributed by atoms with E-state index < -0.39 is 0 Å². The molecule has 2 aromatic carbocycles. The number of H-pyrrole nitrogens is 1. The molecule has 0 radical (unpaired) electrons. The van der Waals surface area contributed by atoms with Crippen LogP contribution in [-0.4, -0.2) is 43.9 Å². The summed E-state index contributed by atoms with van der Waals surface area (Å²) in [6.45, 7) is 2.47. The number of hydrogen-bond acceptors (Lipinski definition) is 5. The van der Waals surface area contributed by atoms with Gasteiger partial charge >= 0.3 is 0 Å². The largest absolute Gasteiger partial charge is 0.493 e. The Bertz CT molecular complexity index is 1140. The van der Waals surface area contributed by atoms with Gasteiger partial charge in [0, 0.05) is 34.6 Å². The van der Waals surface area contributed by atoms with Gasteiger partial charge in [0.25, 0.3) is 0 Å². The summed E-state index contributed by atoms with van der Waals surface area (Å²) < 4.78 is 16.6. The van der Waals surface area contributed by atoms with Gasteiger partial charge in [-0.1, -0.05) is 18.2 Å². The topological polar surface area (TPSA) is 68.4 Å². The molecule has 0 atom stereocenters. The number of methoxy groups -OCH3 is 2. The Kier molecular flexibility index (Phi) is 7.25. The molecule has 0 bridgehead atoms. The quantitative estimate of drug-likeness (QED) is 0.332. The predicted octanol–water partition coefficient (Wildman–Crippen LogP) is 4.85. The van der Waals surface area contributed by atoms with Crippen molar-refractivity contribution < 1.29 is 14.2 Å². The molecule has 0 fully saturated rings. The summed E-state index contributed by atoms with van der Waals surface area (Å²) in [5.74, 6) is 2.31. The molecule has 166 valence electrons. The number of hydrogen-bond donors (Lipinski definition) is 2. The summed E-state index contributed by atoms with van der Waals surface area (Å²) in [7, 11) is 3.32. The van der Waals surface area contributed by atoms with Gasteiger partial charge in [-0.05, 0) is 67.9 Å². The van der Waals surface area contributed by atoms with Gasteiger partial charge in [0.1, 0.15) is 5.75 Å². The molecule has 2 N–H and O–H groups in total. The van der Waals surface area contributed by atoms with E-state index >= 15 is 0 Å². The van der Waals surface area contributed by atoms with Crippen molar-refractivity contribution in [3.63, 3.8) is 0 Å². The van der Waals surface area contributed by atoms with Crippen LogP contribution < -0.4 is 19.5 Å². The number of para-hydroxylation sites is 1. The van der Waals surface area contributed by atoms with E-state index in [2.05, 4.69) is 45.6 Å². The molecule has 0 amide bonds. The fourth-order valence-electron chi connectivity index (χ4n) is 3.86. The summed E-state index contributed by atoms with van der Waals surface area (Å²) in [6, 6.07) is 18.2. The Morgan fingerprint density at radius 1 is 0.906 bits per heavy atom. The molecule has 2 heterocycles. The number of nitrogens with zero attached hydrogens (tertiary/aromatic N) is 1. The highest BCUT2D eigenvalue weighted by Crippen LogP contribution is 2.36. The van der Waals surface area contributed by atoms with Crippen LogP contribution in [0.25, 0.3) is 22.2 Å². The number of nitrogens with one attached hydrogen (secondary N) is 2. The van der Waals surface area contributed by atoms with Crippen LogP contribution in [-0.2, 0) is 6.42 Å². The van der Waals surface area contributed by atoms with Crippen molar-refractivity contribution in [2.75, 3.05) is 33.9 Å². The number of rotatable bonds is 11. The molecule has 0 unspecified atom stereocenters. The first-order valence-corrected chi connectivity index (χ1v) is 10.9. The highest BCUT2D eigenvalue weighted by Gasteiger charge is 2.15. The van der Waals surface area contributed by atoms with Gasteiger partial charge in [-0.15, -0.1) is 0 Å². The fraction of sp³-hybridized carbons (Fsp3) is 0.269. The zero-order chi connectivity index (χ0) is 22.2. The van der Waals surface area contributed by atoms with Crippen LogP contribution in [0.2, 0.25) is 0 Å². The average Bonchev–Trinajstić information content (AvgIpc) is 3.22. The lowest BCUT2D eigenvalue weighted by Gasteiger charge is -2.11. The van der Waals surface area contributed by atoms with Crippen LogP contribution in [0, 0.1) is 0 Å². The maximum Gasteiger partial charge on any atom is 0.161 e. The van der Waals surface area contributed by atoms with Crippen LogP contribution >= 0.6 is 0 Å². The molecule has 0 spiro atoms. The summed E-state index contributed by atoms with van der Waals surface area (Å²) >= 11 is 0. The predicted molar refractivity (Wildman–Crippen MR) is 128 cm³/mol. The van der Waals surface area contributed by atoms with E-state index in [0.29, 0.717) is 6.61 Å². The number of ether oxygens (including phenoxy) is 3. The Hall–Kier alpha value is -3.51. The number of fused-ring (bicyclic) bond motifs is 1. The first-order chi connectivity index (χ1) is 15.8. The second-order valence-electron chi connectivity index (χ2n) is 7.48. The smallest absolute Gasteiger partial charge is 0.161 e. The van der Waals surface area contributed by atoms with E-state index in [9.17, 15) is 0 Å². The molecule has 0 saturated heterocycles. The Morgan fingerprint density at radius 3 is 2.53 bits per heavy atom. The van der Waals surface area contributed by atoms with E-state index in [1.165, 1.54) is 10.9 Å². The SMILES string of the molecule is COc1ccc(-c2[nH]c3ccccc3c2CCNCCCOc2ccncc2)cc1OC. The third-order valence-electron chi connectivity index (χ3n) is 5.45. The number of benzene rings is 2. The van der Waals surface area contributed by atoms with Crippen molar-refractivity contribution in [3.8, 4) is 28.5 Å². The van der Waals surface area contributed by atoms with E-state index in [-0.39, 0.29) is 0 Å². The van der Waals surface area contributed by atoms with Crippen molar-refractivity contribution in [1.29, 1.82) is 0 Å². The number of aromatic nitrogens is 2. The molecule has 0 aliphatic heterocycles. The third-order valence-corrected chi connectivity index (χ3v) is 5.45. The second kappa shape index (κ2) is 10.7. The van der Waals surface area contributed by atoms with Crippen molar-refractivity contribution in [1.82, 2.24) is 15.3 Å². The van der Waals surface area contributed by atoms with Gasteiger partial charge < -0.3 is 24.5 Å². The Balaban J connectivity index is 1.41. The third kappa shape index (κ3) is 5.03. The zero-order valence-corrected chi connectivity index (χ0v) is 18.6. The maximum atomic E-state index is 5.73. The lowest BCUT2D eigenvalue weighted by Crippen LogP contribution is -2.20. The monoisotopic (exact) mass is 431 g/mol. The summed E-state index contributed by atoms with van der Waals surface area (Å²) in [4.78, 5) is 7.60. The van der Waals surface area contributed by atoms with Crippen molar-refractivity contribution in [2.24, 2.45) is 0 Å². The van der Waals surface area contributed by atoms with E-state index in [1.54, 1.807) is 26.6 Å². The van der Waals surface area contributed by atoms with Crippen LogP contribution in [0.3, 0.4) is 0 Å². The molecule has 0 saturated carbocycles. The van der Waals surface area contributed by atoms with Gasteiger partial charge in [0.2, 0.25) is 0 Å². The molecule has 4 rings (SSSR count). The summed E-state index contributed by atoms with van der Waals surface area (Å²) in [6.07, 6.45) is 5.34. The average molecular weight is 432 g/mol. The molecule has 0 aliphatic rings. The first kappa shape index (κ1) is 21.7. The minimum absolute atomic E-state index is 0.682. The standard InChI is InChI=1S/C26H29N3O3/c1-30-24-9-8-19(18-25(24)31-2)26-22(21-6-3-4-7-23(21)29-26)12-16-27-13-5-17-32-20-10-14-28-15-11-20/h3-4,6-11,14-15,18,27,29H,5,12-13,16-17H2,1-2H3. The van der Waals surface area contributed by atoms with Crippen LogP contribution in [0.1, 0.15) is 12.0 Å². The molecule has 2 aromatic heterocycles. The first-order valence-electron chi connectivity index (χ1n) is 10.9. The molecule has 32 heavy (non-hydrogen) atoms. The maximum absolute atomic E-state index is 5.73. The Labute approximate surface area is 188 Å². The van der Waals surface area contributed by atoms with E-state index in [1.807, 2.05) is 24.3 Å². The fourth-order valence-corrected chi connectivity index (χ4v) is 3.86. The van der Waals surface area contributed by atoms with Crippen molar-refractivity contribution >= 4 is 10.9 Å². The second-order valence-corrected chi connectivity index (χ2v) is 7.48. The summed E-state index contributed by atoms with van der Waals surface area (Å²) in [5.41, 5.74) is 4.64. The van der Waals surface area contributed by atoms with Crippen LogP contribution in [0.4, 0.5) is 0 Å². The van der Waals surface area contributed by atoms with E-state index in [0.717, 1.165) is 60.0 Å². The molecule has 0 aliphatic carbocycles. The minimum atomic E-state index is 0.682. The molecular formula is C26H29N3O3. The molecule has 6 nitrogen and oxygen atoms in total. The van der Waals surface area contributed by atoms with Crippen LogP contribution in [0.5, 0.6) is 17.2 Å². The number of pyridine rings is 1. The van der Waals surface area contributed by atoms with Crippen molar-refractivity contribution in [3.05, 3.63) is 72.6 Å². The van der Waals surface area contributed by atoms with E-state index in [4.69, 9.17) is 14.2 Å². The Morgan fingerprint density at radius 2 is 1.72 bits per heavy atom. The van der Waals surface area contributed by atoms with Gasteiger partial charge in [-0.2, -0.15) is 0 Å². The van der Waals surface area contributed by atoms with Crippen LogP contribution in [0.15, 0.2) is 67.0 Å². The highest BCUT2D eigenvalue weighted by molar-refractivity contribution is 5.91. The van der Waals surface area contributed by atoms with Gasteiger partial charge in [-0.3, -0.25) is 4.98 Å². The zero-order valence-electron chi connectivity index (χ0n) is 18.6. The number of aromatic amines is 1. The lowest BCUT2D eigenvalue weighted by molar-refractivity contribution is 0.308. The van der Waals surface area contributed by atoms with Crippen molar-refractivity contribution in [2.45, 2.75) is 12.8 Å². The normalized spacial score (nSPS) is 10.9. The highest BCUT2D eigenvalue weighted by atomic mass is 16.5. The van der Waals surface area contributed by atoms with Gasteiger partial charge in [0.05, 0.1) is 20.8 Å². The molecule has 6 heteroatoms. The summed E-state index contributed by atoms with van der Waals surface area (Å²) in [5, 5.41) is 4.79. The molecular weight excluding hydrogens is 402 g/mol. The lowest BCUT2D eigenvalue weighted by atomic mass is 10.0. The van der Waals surface area contributed by atoms with Gasteiger partial charge in [-0.25, -0.2) is 0 Å². The molecule has 4 aromatic rings. The van der Waals surface area contributed by atoms with Gasteiger partial charge in [0.15, 0.2) is 11.5 Å². The minimum Gasteiger partial charge on any atom is -0.493 e.